The van der Waals surface area contributed by atoms with Crippen LogP contribution in [0, 0.1) is 17.8 Å². The first-order valence-corrected chi connectivity index (χ1v) is 7.45. The summed E-state index contributed by atoms with van der Waals surface area (Å²) in [5.41, 5.74) is 0. The Balaban J connectivity index is 1.72. The van der Waals surface area contributed by atoms with Gasteiger partial charge in [0.25, 0.3) is 6.08 Å². The standard InChI is InChI=1S/C15H24F2O2/c1-2-3-15-18-9-13(10-19-15)12-6-4-11(5-7-12)8-14(16)17/h8,11-13,15H,2-7,9-10H2,1H3. The van der Waals surface area contributed by atoms with Crippen LogP contribution in [0.25, 0.3) is 0 Å². The number of allylic oxidation sites excluding steroid dienone is 1. The van der Waals surface area contributed by atoms with Crippen molar-refractivity contribution in [2.24, 2.45) is 17.8 Å². The molecule has 1 saturated carbocycles. The van der Waals surface area contributed by atoms with Gasteiger partial charge in [-0.2, -0.15) is 8.78 Å². The van der Waals surface area contributed by atoms with Crippen LogP contribution in [0.1, 0.15) is 45.4 Å². The monoisotopic (exact) mass is 274 g/mol. The van der Waals surface area contributed by atoms with Crippen molar-refractivity contribution in [3.63, 3.8) is 0 Å². The fraction of sp³-hybridized carbons (Fsp3) is 0.867. The topological polar surface area (TPSA) is 18.5 Å². The summed E-state index contributed by atoms with van der Waals surface area (Å²) in [7, 11) is 0. The zero-order valence-corrected chi connectivity index (χ0v) is 11.6. The van der Waals surface area contributed by atoms with Gasteiger partial charge in [0.2, 0.25) is 0 Å². The van der Waals surface area contributed by atoms with Crippen molar-refractivity contribution in [1.82, 2.24) is 0 Å². The highest BCUT2D eigenvalue weighted by atomic mass is 19.3. The van der Waals surface area contributed by atoms with E-state index in [-0.39, 0.29) is 12.2 Å². The molecule has 0 aromatic rings. The predicted octanol–water partition coefficient (Wildman–Crippen LogP) is 4.36. The number of hydrogen-bond donors (Lipinski definition) is 0. The molecule has 1 saturated heterocycles. The van der Waals surface area contributed by atoms with Gasteiger partial charge in [-0.15, -0.1) is 0 Å². The lowest BCUT2D eigenvalue weighted by Gasteiger charge is -2.37. The summed E-state index contributed by atoms with van der Waals surface area (Å²) in [6.07, 6.45) is 5.38. The second-order valence-electron chi connectivity index (χ2n) is 5.78. The van der Waals surface area contributed by atoms with E-state index in [0.717, 1.165) is 57.8 Å². The van der Waals surface area contributed by atoms with E-state index in [4.69, 9.17) is 9.47 Å². The molecule has 2 rings (SSSR count). The van der Waals surface area contributed by atoms with Crippen molar-refractivity contribution in [3.05, 3.63) is 12.2 Å². The molecule has 0 amide bonds. The van der Waals surface area contributed by atoms with E-state index in [1.54, 1.807) is 0 Å². The van der Waals surface area contributed by atoms with Gasteiger partial charge >= 0.3 is 0 Å². The predicted molar refractivity (Wildman–Crippen MR) is 69.8 cm³/mol. The third-order valence-corrected chi connectivity index (χ3v) is 4.36. The van der Waals surface area contributed by atoms with Crippen LogP contribution in [0.5, 0.6) is 0 Å². The second-order valence-corrected chi connectivity index (χ2v) is 5.78. The van der Waals surface area contributed by atoms with Crippen molar-refractivity contribution in [2.45, 2.75) is 51.7 Å². The van der Waals surface area contributed by atoms with Crippen molar-refractivity contribution in [1.29, 1.82) is 0 Å². The van der Waals surface area contributed by atoms with Gasteiger partial charge in [-0.25, -0.2) is 0 Å². The summed E-state index contributed by atoms with van der Waals surface area (Å²) < 4.78 is 35.9. The molecule has 0 atom stereocenters. The van der Waals surface area contributed by atoms with E-state index in [1.165, 1.54) is 0 Å². The van der Waals surface area contributed by atoms with E-state index >= 15 is 0 Å². The van der Waals surface area contributed by atoms with Crippen molar-refractivity contribution >= 4 is 0 Å². The van der Waals surface area contributed by atoms with Crippen molar-refractivity contribution < 1.29 is 18.3 Å². The highest BCUT2D eigenvalue weighted by Gasteiger charge is 2.31. The average molecular weight is 274 g/mol. The molecule has 19 heavy (non-hydrogen) atoms. The Morgan fingerprint density at radius 1 is 1.05 bits per heavy atom. The second kappa shape index (κ2) is 7.34. The van der Waals surface area contributed by atoms with Gasteiger partial charge in [0, 0.05) is 5.92 Å². The van der Waals surface area contributed by atoms with Crippen LogP contribution in [0.2, 0.25) is 0 Å². The molecular formula is C15H24F2O2. The minimum Gasteiger partial charge on any atom is -0.352 e. The molecule has 0 unspecified atom stereocenters. The van der Waals surface area contributed by atoms with Crippen LogP contribution in [0.3, 0.4) is 0 Å². The van der Waals surface area contributed by atoms with E-state index in [2.05, 4.69) is 6.92 Å². The summed E-state index contributed by atoms with van der Waals surface area (Å²) in [5.74, 6) is 1.10. The van der Waals surface area contributed by atoms with Crippen molar-refractivity contribution in [3.8, 4) is 0 Å². The summed E-state index contributed by atoms with van der Waals surface area (Å²) in [4.78, 5) is 0. The molecule has 0 aromatic carbocycles. The maximum Gasteiger partial charge on any atom is 0.266 e. The van der Waals surface area contributed by atoms with Gasteiger partial charge in [0.1, 0.15) is 0 Å². The lowest BCUT2D eigenvalue weighted by atomic mass is 9.76. The molecular weight excluding hydrogens is 250 g/mol. The normalized spacial score (nSPS) is 35.9. The number of ether oxygens (including phenoxy) is 2. The molecule has 2 fully saturated rings. The first-order valence-electron chi connectivity index (χ1n) is 7.45. The quantitative estimate of drug-likeness (QED) is 0.758. The summed E-state index contributed by atoms with van der Waals surface area (Å²) in [5, 5.41) is 0. The van der Waals surface area contributed by atoms with Gasteiger partial charge in [-0.3, -0.25) is 0 Å². The highest BCUT2D eigenvalue weighted by molar-refractivity contribution is 4.91. The minimum absolute atomic E-state index is 0.0267. The molecule has 2 aliphatic rings. The Labute approximate surface area is 114 Å². The van der Waals surface area contributed by atoms with E-state index in [1.807, 2.05) is 0 Å². The first-order chi connectivity index (χ1) is 9.19. The lowest BCUT2D eigenvalue weighted by molar-refractivity contribution is -0.212. The third kappa shape index (κ3) is 4.53. The zero-order chi connectivity index (χ0) is 13.7. The molecule has 2 nitrogen and oxygen atoms in total. The van der Waals surface area contributed by atoms with Crippen LogP contribution < -0.4 is 0 Å². The Morgan fingerprint density at radius 2 is 1.68 bits per heavy atom. The largest absolute Gasteiger partial charge is 0.352 e. The van der Waals surface area contributed by atoms with Gasteiger partial charge < -0.3 is 9.47 Å². The molecule has 0 spiro atoms. The zero-order valence-electron chi connectivity index (χ0n) is 11.6. The Hall–Kier alpha value is -0.480. The Kier molecular flexibility index (Phi) is 5.76. The van der Waals surface area contributed by atoms with E-state index < -0.39 is 6.08 Å². The maximum absolute atomic E-state index is 12.2. The fourth-order valence-corrected chi connectivity index (χ4v) is 3.19. The summed E-state index contributed by atoms with van der Waals surface area (Å²) in [6, 6.07) is 0. The molecule has 1 aliphatic heterocycles. The Morgan fingerprint density at radius 3 is 2.21 bits per heavy atom. The summed E-state index contributed by atoms with van der Waals surface area (Å²) >= 11 is 0. The smallest absolute Gasteiger partial charge is 0.266 e. The SMILES string of the molecule is CCCC1OCC(C2CCC(C=C(F)F)CC2)CO1. The van der Waals surface area contributed by atoms with Crippen LogP contribution in [-0.4, -0.2) is 19.5 Å². The average Bonchev–Trinajstić information content (AvgIpc) is 2.40. The molecule has 0 N–H and O–H groups in total. The van der Waals surface area contributed by atoms with Crippen LogP contribution in [-0.2, 0) is 9.47 Å². The minimum atomic E-state index is -1.53. The van der Waals surface area contributed by atoms with Crippen LogP contribution >= 0.6 is 0 Å². The van der Waals surface area contributed by atoms with Crippen molar-refractivity contribution in [2.75, 3.05) is 13.2 Å². The Bertz CT molecular complexity index is 287. The molecule has 0 aromatic heterocycles. The molecule has 1 heterocycles. The van der Waals surface area contributed by atoms with Gasteiger partial charge in [0.05, 0.1) is 13.2 Å². The van der Waals surface area contributed by atoms with Crippen LogP contribution in [0.4, 0.5) is 8.78 Å². The van der Waals surface area contributed by atoms with E-state index in [0.29, 0.717) is 11.8 Å². The van der Waals surface area contributed by atoms with Gasteiger partial charge in [-0.05, 0) is 50.0 Å². The maximum atomic E-state index is 12.2. The number of rotatable bonds is 4. The summed E-state index contributed by atoms with van der Waals surface area (Å²) in [6.45, 7) is 3.66. The molecule has 4 heteroatoms. The lowest BCUT2D eigenvalue weighted by Crippen LogP contribution is -2.37. The van der Waals surface area contributed by atoms with Gasteiger partial charge in [0.15, 0.2) is 6.29 Å². The van der Waals surface area contributed by atoms with Gasteiger partial charge in [-0.1, -0.05) is 13.3 Å². The molecule has 0 radical (unpaired) electrons. The molecule has 1 aliphatic carbocycles. The first kappa shape index (κ1) is 14.9. The molecule has 0 bridgehead atoms. The fourth-order valence-electron chi connectivity index (χ4n) is 3.19. The van der Waals surface area contributed by atoms with E-state index in [9.17, 15) is 8.78 Å². The molecule has 110 valence electrons. The van der Waals surface area contributed by atoms with Crippen LogP contribution in [0.15, 0.2) is 12.2 Å². The highest BCUT2D eigenvalue weighted by Crippen LogP contribution is 2.36. The number of hydrogen-bond acceptors (Lipinski definition) is 2. The third-order valence-electron chi connectivity index (χ3n) is 4.36. The number of halogens is 2.